The second kappa shape index (κ2) is 20.6. The minimum Gasteiger partial charge on any atom is -0.441 e. The maximum atomic E-state index is 16.0. The molecule has 3 fully saturated rings. The van der Waals surface area contributed by atoms with E-state index in [4.69, 9.17) is 23.9 Å². The Balaban J connectivity index is 0.919. The normalized spacial score (nSPS) is 21.9. The van der Waals surface area contributed by atoms with Gasteiger partial charge in [-0.05, 0) is 27.7 Å². The van der Waals surface area contributed by atoms with E-state index in [1.165, 1.54) is 16.8 Å². The van der Waals surface area contributed by atoms with Crippen LogP contribution in [0.2, 0.25) is 0 Å². The molecule has 6 atom stereocenters. The van der Waals surface area contributed by atoms with Crippen LogP contribution in [-0.2, 0) is 37.0 Å². The molecule has 6 N–H and O–H groups in total. The molecule has 0 unspecified atom stereocenters. The number of nitrogens with zero attached hydrogens (tertiary/aromatic N) is 10. The van der Waals surface area contributed by atoms with Crippen molar-refractivity contribution in [3.05, 3.63) is 65.6 Å². The summed E-state index contributed by atoms with van der Waals surface area (Å²) in [4.78, 5) is 41.9. The van der Waals surface area contributed by atoms with Crippen LogP contribution < -0.4 is 30.7 Å². The van der Waals surface area contributed by atoms with Gasteiger partial charge in [0.1, 0.15) is 41.8 Å². The number of fused-ring (bicyclic) bond motifs is 2. The Morgan fingerprint density at radius 3 is 2.25 bits per heavy atom. The van der Waals surface area contributed by atoms with E-state index in [0.717, 1.165) is 10.7 Å². The highest BCUT2D eigenvalue weighted by atomic mass is 19.4. The van der Waals surface area contributed by atoms with Gasteiger partial charge in [0.05, 0.1) is 31.3 Å². The summed E-state index contributed by atoms with van der Waals surface area (Å²) in [6.07, 6.45) is -13.7. The first-order chi connectivity index (χ1) is 34.3. The van der Waals surface area contributed by atoms with Gasteiger partial charge in [-0.1, -0.05) is 4.52 Å². The highest BCUT2D eigenvalue weighted by Crippen LogP contribution is 2.36. The standard InChI is InChI=1S/C42H49F7N16O7/c1-20(2)51-40(66)71-27-17-68-35(33(27)43)23-12-29(58-57-23)54-39-56-31(14-30-50-5-6-63(30)39)62-9-7-61(8-10-62)19-65-32(13-24(60-65)36-34(44)28(18-69-36)72-41(67)52-21(3)4)55-38-26-11-22(16-70-42(47,48)49)59-64(26)15-25(53-38)37(45)46/h5-6,11-15,20-21,27-28,33-37H,7-10,16-19H2,1-4H3,(H5,50,51,52,53,54,55,56,57,58,59,60,66,67)/p+1/t27-,28-,33+,34-,35-,36-/m1/s1. The van der Waals surface area contributed by atoms with Crippen molar-refractivity contribution in [1.29, 1.82) is 0 Å². The number of imidazole rings is 1. The molecule has 0 aliphatic carbocycles. The van der Waals surface area contributed by atoms with Crippen LogP contribution in [0.15, 0.2) is 42.9 Å². The zero-order valence-corrected chi connectivity index (χ0v) is 38.9. The monoisotopic (exact) mass is 1020 g/mol. The second-order valence-electron chi connectivity index (χ2n) is 17.7. The summed E-state index contributed by atoms with van der Waals surface area (Å²) >= 11 is 0. The van der Waals surface area contributed by atoms with Crippen LogP contribution in [-0.4, -0.2) is 144 Å². The number of anilines is 5. The van der Waals surface area contributed by atoms with E-state index >= 15 is 8.78 Å². The van der Waals surface area contributed by atoms with E-state index in [-0.39, 0.29) is 60.5 Å². The number of ether oxygens (including phenoxy) is 5. The Morgan fingerprint density at radius 2 is 1.58 bits per heavy atom. The molecular weight excluding hydrogens is 974 g/mol. The lowest BCUT2D eigenvalue weighted by Crippen LogP contribution is -2.47. The van der Waals surface area contributed by atoms with E-state index in [2.05, 4.69) is 56.4 Å². The third-order valence-corrected chi connectivity index (χ3v) is 11.6. The minimum absolute atomic E-state index is 0.0582. The van der Waals surface area contributed by atoms with E-state index in [1.54, 1.807) is 56.6 Å². The number of halogens is 7. The molecular formula is C42H50F7N16O7+. The Morgan fingerprint density at radius 1 is 0.903 bits per heavy atom. The lowest BCUT2D eigenvalue weighted by Gasteiger charge is -2.35. The molecule has 6 aromatic rings. The van der Waals surface area contributed by atoms with Crippen LogP contribution in [0.1, 0.15) is 69.1 Å². The summed E-state index contributed by atoms with van der Waals surface area (Å²) in [5, 5.41) is 25.6. The molecule has 0 aromatic carbocycles. The van der Waals surface area contributed by atoms with Crippen molar-refractivity contribution in [2.75, 3.05) is 54.9 Å². The van der Waals surface area contributed by atoms with Crippen molar-refractivity contribution in [3.63, 3.8) is 0 Å². The molecule has 0 bridgehead atoms. The minimum atomic E-state index is -4.97. The molecule has 6 aromatic heterocycles. The largest absolute Gasteiger partial charge is 0.522 e. The van der Waals surface area contributed by atoms with Gasteiger partial charge in [-0.2, -0.15) is 20.3 Å². The van der Waals surface area contributed by atoms with Crippen LogP contribution in [0, 0.1) is 0 Å². The molecule has 9 rings (SSSR count). The third kappa shape index (κ3) is 11.3. The number of carbonyl (C=O) groups is 2. The topological polar surface area (TPSA) is 244 Å². The number of nitrogens with one attached hydrogen (secondary N) is 6. The fraction of sp³-hybridized carbons (Fsp3) is 0.524. The summed E-state index contributed by atoms with van der Waals surface area (Å²) in [5.41, 5.74) is 0.163. The Labute approximate surface area is 403 Å². The number of aromatic nitrogens is 10. The molecule has 23 nitrogen and oxygen atoms in total. The van der Waals surface area contributed by atoms with E-state index in [1.807, 2.05) is 9.80 Å². The molecule has 2 amide bonds. The number of carbonyl (C=O) groups excluding carboxylic acids is 2. The number of hydrogen-bond acceptors (Lipinski definition) is 16. The average Bonchev–Trinajstić information content (AvgIpc) is 4.19. The fourth-order valence-corrected chi connectivity index (χ4v) is 8.26. The number of piperazine rings is 1. The first-order valence-electron chi connectivity index (χ1n) is 22.7. The quantitative estimate of drug-likeness (QED) is 0.0541. The highest BCUT2D eigenvalue weighted by molar-refractivity contribution is 5.70. The molecule has 3 aliphatic heterocycles. The Bertz CT molecular complexity index is 2870. The first kappa shape index (κ1) is 49.9. The van der Waals surface area contributed by atoms with E-state index < -0.39 is 74.0 Å². The molecule has 388 valence electrons. The number of hydrogen-bond donors (Lipinski definition) is 6. The summed E-state index contributed by atoms with van der Waals surface area (Å²) in [6, 6.07) is 5.56. The number of H-pyrrole nitrogens is 2. The van der Waals surface area contributed by atoms with Gasteiger partial charge in [0.25, 0.3) is 11.9 Å². The molecule has 0 radical (unpaired) electrons. The van der Waals surface area contributed by atoms with Crippen LogP contribution >= 0.6 is 0 Å². The van der Waals surface area contributed by atoms with Gasteiger partial charge in [-0.15, -0.1) is 13.2 Å². The predicted molar refractivity (Wildman–Crippen MR) is 236 cm³/mol. The lowest BCUT2D eigenvalue weighted by atomic mass is 10.1. The zero-order chi connectivity index (χ0) is 51.0. The maximum absolute atomic E-state index is 16.0. The Hall–Kier alpha value is -7.05. The van der Waals surface area contributed by atoms with Crippen molar-refractivity contribution in [1.82, 2.24) is 60.0 Å². The summed E-state index contributed by atoms with van der Waals surface area (Å²) in [5.74, 6) is 1.12. The highest BCUT2D eigenvalue weighted by Gasteiger charge is 2.44. The molecule has 0 spiro atoms. The number of aromatic amines is 2. The summed E-state index contributed by atoms with van der Waals surface area (Å²) < 4.78 is 129. The van der Waals surface area contributed by atoms with Crippen molar-refractivity contribution in [2.24, 2.45) is 0 Å². The SMILES string of the molecule is CC(C)NC(=O)O[C@@H]1CO[C@H](c2cc(Nc3nc(N4CCN(Cn5nc([C@H]6OC[C@@H](OC(=O)NC(C)C)[C@H]6F)cc5Nc5nc(C(F)F)c[n+]6[nH]c(COC(F)(F)F)cc56)CC4)cc4nccn34)n[nH]2)[C@H]1F. The predicted octanol–water partition coefficient (Wildman–Crippen LogP) is 5.18. The van der Waals surface area contributed by atoms with Gasteiger partial charge >= 0.3 is 18.5 Å². The van der Waals surface area contributed by atoms with Gasteiger partial charge in [0.2, 0.25) is 18.0 Å². The molecule has 3 aliphatic rings. The van der Waals surface area contributed by atoms with Gasteiger partial charge in [0, 0.05) is 74.9 Å². The van der Waals surface area contributed by atoms with Gasteiger partial charge < -0.3 is 45.1 Å². The second-order valence-corrected chi connectivity index (χ2v) is 17.7. The van der Waals surface area contributed by atoms with Crippen LogP contribution in [0.4, 0.5) is 69.5 Å². The molecule has 72 heavy (non-hydrogen) atoms. The van der Waals surface area contributed by atoms with Crippen molar-refractivity contribution in [3.8, 4) is 0 Å². The van der Waals surface area contributed by atoms with Crippen molar-refractivity contribution in [2.45, 2.75) is 103 Å². The first-order valence-corrected chi connectivity index (χ1v) is 22.7. The third-order valence-electron chi connectivity index (χ3n) is 11.6. The van der Waals surface area contributed by atoms with Crippen LogP contribution in [0.3, 0.4) is 0 Å². The Kier molecular flexibility index (Phi) is 14.3. The summed E-state index contributed by atoms with van der Waals surface area (Å²) in [7, 11) is 0. The number of amides is 2. The average molecular weight is 1020 g/mol. The number of alkyl carbamates (subject to hydrolysis) is 2. The molecule has 3 saturated heterocycles. The number of alkyl halides is 7. The zero-order valence-electron chi connectivity index (χ0n) is 38.9. The van der Waals surface area contributed by atoms with E-state index in [0.29, 0.717) is 55.1 Å². The van der Waals surface area contributed by atoms with Crippen LogP contribution in [0.5, 0.6) is 0 Å². The molecule has 9 heterocycles. The summed E-state index contributed by atoms with van der Waals surface area (Å²) in [6.45, 7) is 7.28. The fourth-order valence-electron chi connectivity index (χ4n) is 8.26. The van der Waals surface area contributed by atoms with Gasteiger partial charge in [0.15, 0.2) is 36.1 Å². The van der Waals surface area contributed by atoms with Gasteiger partial charge in [-0.25, -0.2) is 41.8 Å². The maximum Gasteiger partial charge on any atom is 0.522 e. The van der Waals surface area contributed by atoms with Crippen molar-refractivity contribution < 1.29 is 68.5 Å². The van der Waals surface area contributed by atoms with Crippen molar-refractivity contribution >= 4 is 52.6 Å². The van der Waals surface area contributed by atoms with E-state index in [9.17, 15) is 31.5 Å². The molecule has 0 saturated carbocycles. The lowest BCUT2D eigenvalue weighted by molar-refractivity contribution is -0.578. The van der Waals surface area contributed by atoms with Gasteiger partial charge in [-0.3, -0.25) is 19.1 Å². The number of rotatable bonds is 16. The van der Waals surface area contributed by atoms with Crippen LogP contribution in [0.25, 0.3) is 11.2 Å². The molecule has 30 heteroatoms. The smallest absolute Gasteiger partial charge is 0.441 e.